The van der Waals surface area contributed by atoms with E-state index in [-0.39, 0.29) is 11.9 Å². The first-order valence-electron chi connectivity index (χ1n) is 8.98. The lowest BCUT2D eigenvalue weighted by molar-refractivity contribution is 0.0919. The minimum Gasteiger partial charge on any atom is -0.480 e. The van der Waals surface area contributed by atoms with Crippen LogP contribution in [0.25, 0.3) is 0 Å². The van der Waals surface area contributed by atoms with Gasteiger partial charge in [-0.2, -0.15) is 0 Å². The Labute approximate surface area is 158 Å². The number of aromatic nitrogens is 3. The molecule has 26 heavy (non-hydrogen) atoms. The average Bonchev–Trinajstić information content (AvgIpc) is 2.96. The van der Waals surface area contributed by atoms with Gasteiger partial charge in [0.25, 0.3) is 5.91 Å². The van der Waals surface area contributed by atoms with Gasteiger partial charge in [-0.25, -0.2) is 4.98 Å². The predicted octanol–water partition coefficient (Wildman–Crippen LogP) is 3.55. The molecule has 3 rings (SSSR count). The molecule has 1 fully saturated rings. The van der Waals surface area contributed by atoms with Crippen LogP contribution in [0.3, 0.4) is 0 Å². The molecular weight excluding hydrogens is 352 g/mol. The molecule has 0 spiro atoms. The zero-order chi connectivity index (χ0) is 18.7. The maximum Gasteiger partial charge on any atom is 0.253 e. The molecule has 1 N–H and O–H groups in total. The third-order valence-corrected chi connectivity index (χ3v) is 5.29. The van der Waals surface area contributed by atoms with Crippen molar-refractivity contribution < 1.29 is 9.53 Å². The number of pyridine rings is 1. The van der Waals surface area contributed by atoms with Crippen molar-refractivity contribution >= 4 is 17.5 Å². The number of ether oxygens (including phenoxy) is 1. The summed E-state index contributed by atoms with van der Waals surface area (Å²) in [6.07, 6.45) is 4.11. The minimum atomic E-state index is -0.0669. The Morgan fingerprint density at radius 3 is 2.65 bits per heavy atom. The summed E-state index contributed by atoms with van der Waals surface area (Å²) in [6, 6.07) is 5.55. The summed E-state index contributed by atoms with van der Waals surface area (Å²) in [5.41, 5.74) is 2.37. The van der Waals surface area contributed by atoms with Crippen LogP contribution in [0.2, 0.25) is 5.15 Å². The van der Waals surface area contributed by atoms with Crippen LogP contribution in [-0.4, -0.2) is 33.8 Å². The van der Waals surface area contributed by atoms with Gasteiger partial charge in [-0.05, 0) is 57.6 Å². The van der Waals surface area contributed by atoms with Crippen LogP contribution >= 0.6 is 11.6 Å². The Kier molecular flexibility index (Phi) is 5.81. The van der Waals surface area contributed by atoms with E-state index >= 15 is 0 Å². The molecule has 140 valence electrons. The molecular formula is C19H25ClN4O2. The number of carbonyl (C=O) groups is 1. The van der Waals surface area contributed by atoms with Gasteiger partial charge in [-0.1, -0.05) is 11.6 Å². The molecule has 7 heteroatoms. The number of nitrogens with zero attached hydrogens (tertiary/aromatic N) is 3. The highest BCUT2D eigenvalue weighted by Crippen LogP contribution is 2.27. The van der Waals surface area contributed by atoms with Gasteiger partial charge in [-0.15, -0.1) is 5.10 Å². The van der Waals surface area contributed by atoms with Gasteiger partial charge in [0.2, 0.25) is 5.88 Å². The number of nitrogens with one attached hydrogen (secondary N) is 1. The predicted molar refractivity (Wildman–Crippen MR) is 101 cm³/mol. The molecule has 1 amide bonds. The molecule has 1 saturated carbocycles. The third kappa shape index (κ3) is 4.36. The van der Waals surface area contributed by atoms with Crippen molar-refractivity contribution in [3.8, 4) is 5.88 Å². The second-order valence-corrected chi connectivity index (χ2v) is 7.36. The number of hydrogen-bond acceptors (Lipinski definition) is 4. The van der Waals surface area contributed by atoms with E-state index in [2.05, 4.69) is 15.4 Å². The fourth-order valence-corrected chi connectivity index (χ4v) is 3.72. The van der Waals surface area contributed by atoms with Gasteiger partial charge in [-0.3, -0.25) is 9.48 Å². The number of carbonyl (C=O) groups excluding carboxylic acids is 1. The van der Waals surface area contributed by atoms with Gasteiger partial charge in [0, 0.05) is 24.3 Å². The Morgan fingerprint density at radius 2 is 2.04 bits per heavy atom. The van der Waals surface area contributed by atoms with Crippen LogP contribution in [0.15, 0.2) is 18.2 Å². The molecule has 0 saturated heterocycles. The molecule has 1 aliphatic carbocycles. The number of aryl methyl sites for hydroxylation is 2. The molecule has 0 unspecified atom stereocenters. The van der Waals surface area contributed by atoms with E-state index in [9.17, 15) is 4.79 Å². The molecule has 0 aromatic carbocycles. The summed E-state index contributed by atoms with van der Waals surface area (Å²) in [5, 5.41) is 8.00. The maximum atomic E-state index is 12.5. The van der Waals surface area contributed by atoms with Crippen molar-refractivity contribution in [3.63, 3.8) is 0 Å². The van der Waals surface area contributed by atoms with E-state index in [0.29, 0.717) is 28.2 Å². The van der Waals surface area contributed by atoms with Crippen molar-refractivity contribution in [2.24, 2.45) is 5.92 Å². The Balaban J connectivity index is 1.52. The monoisotopic (exact) mass is 376 g/mol. The lowest BCUT2D eigenvalue weighted by Crippen LogP contribution is -2.38. The zero-order valence-electron chi connectivity index (χ0n) is 15.5. The molecule has 6 nitrogen and oxygen atoms in total. The molecule has 2 heterocycles. The quantitative estimate of drug-likeness (QED) is 0.810. The minimum absolute atomic E-state index is 0.0669. The van der Waals surface area contributed by atoms with Crippen molar-refractivity contribution in [2.45, 2.75) is 52.1 Å². The Morgan fingerprint density at radius 1 is 1.31 bits per heavy atom. The molecule has 0 bridgehead atoms. The number of amides is 1. The summed E-state index contributed by atoms with van der Waals surface area (Å²) < 4.78 is 7.21. The number of methoxy groups -OCH3 is 1. The Bertz CT molecular complexity index is 782. The number of halogens is 1. The summed E-state index contributed by atoms with van der Waals surface area (Å²) in [5.74, 6) is 1.17. The highest BCUT2D eigenvalue weighted by Gasteiger charge is 2.24. The van der Waals surface area contributed by atoms with E-state index in [1.165, 1.54) is 0 Å². The van der Waals surface area contributed by atoms with Gasteiger partial charge < -0.3 is 10.1 Å². The first-order chi connectivity index (χ1) is 12.5. The van der Waals surface area contributed by atoms with Crippen LogP contribution in [0.1, 0.15) is 47.4 Å². The van der Waals surface area contributed by atoms with Crippen LogP contribution in [0.5, 0.6) is 5.88 Å². The number of rotatable bonds is 5. The highest BCUT2D eigenvalue weighted by atomic mass is 35.5. The summed E-state index contributed by atoms with van der Waals surface area (Å²) in [7, 11) is 1.64. The van der Waals surface area contributed by atoms with E-state index in [1.807, 2.05) is 17.7 Å². The second kappa shape index (κ2) is 8.08. The summed E-state index contributed by atoms with van der Waals surface area (Å²) in [4.78, 5) is 16.6. The first-order valence-corrected chi connectivity index (χ1v) is 9.36. The van der Waals surface area contributed by atoms with Crippen molar-refractivity contribution in [1.82, 2.24) is 20.1 Å². The van der Waals surface area contributed by atoms with Crippen molar-refractivity contribution in [2.75, 3.05) is 7.11 Å². The molecule has 2 aromatic rings. The van der Waals surface area contributed by atoms with Crippen molar-refractivity contribution in [1.29, 1.82) is 0 Å². The smallest absolute Gasteiger partial charge is 0.253 e. The first kappa shape index (κ1) is 18.7. The zero-order valence-corrected chi connectivity index (χ0v) is 16.2. The largest absolute Gasteiger partial charge is 0.480 e. The van der Waals surface area contributed by atoms with Gasteiger partial charge >= 0.3 is 0 Å². The fraction of sp³-hybridized carbons (Fsp3) is 0.526. The topological polar surface area (TPSA) is 69.0 Å². The standard InChI is InChI=1S/C19H25ClN4O2/c1-12-10-18(26-3)23-24(12)11-14-4-6-15(7-5-14)22-19(25)16-8-9-17(20)21-13(16)2/h8-10,14-15H,4-7,11H2,1-3H3,(H,22,25)/t14-,15-. The van der Waals surface area contributed by atoms with E-state index in [4.69, 9.17) is 16.3 Å². The molecule has 1 aliphatic rings. The molecule has 0 aliphatic heterocycles. The molecule has 0 radical (unpaired) electrons. The average molecular weight is 377 g/mol. The van der Waals surface area contributed by atoms with E-state index < -0.39 is 0 Å². The van der Waals surface area contributed by atoms with Crippen LogP contribution in [0.4, 0.5) is 0 Å². The van der Waals surface area contributed by atoms with Crippen molar-refractivity contribution in [3.05, 3.63) is 40.3 Å². The van der Waals surface area contributed by atoms with Crippen LogP contribution < -0.4 is 10.1 Å². The molecule has 0 atom stereocenters. The summed E-state index contributed by atoms with van der Waals surface area (Å²) in [6.45, 7) is 4.75. The van der Waals surface area contributed by atoms with E-state index in [0.717, 1.165) is 37.9 Å². The van der Waals surface area contributed by atoms with Gasteiger partial charge in [0.1, 0.15) is 5.15 Å². The lowest BCUT2D eigenvalue weighted by atomic mass is 9.86. The number of hydrogen-bond donors (Lipinski definition) is 1. The Hall–Kier alpha value is -2.08. The SMILES string of the molecule is COc1cc(C)n(C[C@H]2CC[C@H](NC(=O)c3ccc(Cl)nc3C)CC2)n1. The fourth-order valence-electron chi connectivity index (χ4n) is 3.53. The van der Waals surface area contributed by atoms with E-state index in [1.54, 1.807) is 26.2 Å². The lowest BCUT2D eigenvalue weighted by Gasteiger charge is -2.29. The van der Waals surface area contributed by atoms with Crippen LogP contribution in [0, 0.1) is 19.8 Å². The van der Waals surface area contributed by atoms with Gasteiger partial charge in [0.15, 0.2) is 0 Å². The van der Waals surface area contributed by atoms with Crippen LogP contribution in [-0.2, 0) is 6.54 Å². The second-order valence-electron chi connectivity index (χ2n) is 6.97. The van der Waals surface area contributed by atoms with Gasteiger partial charge in [0.05, 0.1) is 18.4 Å². The molecule has 2 aromatic heterocycles. The summed E-state index contributed by atoms with van der Waals surface area (Å²) >= 11 is 5.86. The third-order valence-electron chi connectivity index (χ3n) is 5.08. The highest BCUT2D eigenvalue weighted by molar-refractivity contribution is 6.29. The maximum absolute atomic E-state index is 12.5. The normalized spacial score (nSPS) is 20.0.